The molecule has 104 valence electrons. The van der Waals surface area contributed by atoms with E-state index in [1.807, 2.05) is 18.2 Å². The standard InChI is InChI=1S/C14H19ClN2O2/c1-10(15)14(18)16-11-5-6-12(13(9-11)19-2)17-7-3-4-8-17/h5-6,9-10H,3-4,7-8H2,1-2H3,(H,16,18)/t10-/m1/s1. The van der Waals surface area contributed by atoms with Crippen molar-refractivity contribution in [3.05, 3.63) is 18.2 Å². The Kier molecular flexibility index (Phi) is 4.53. The van der Waals surface area contributed by atoms with Gasteiger partial charge in [-0.15, -0.1) is 11.6 Å². The Balaban J connectivity index is 2.18. The van der Waals surface area contributed by atoms with Crippen molar-refractivity contribution in [1.82, 2.24) is 0 Å². The van der Waals surface area contributed by atoms with Crippen LogP contribution in [0.25, 0.3) is 0 Å². The van der Waals surface area contributed by atoms with E-state index in [0.29, 0.717) is 5.69 Å². The van der Waals surface area contributed by atoms with Gasteiger partial charge in [-0.3, -0.25) is 4.79 Å². The summed E-state index contributed by atoms with van der Waals surface area (Å²) >= 11 is 5.74. The van der Waals surface area contributed by atoms with Crippen molar-refractivity contribution in [3.63, 3.8) is 0 Å². The van der Waals surface area contributed by atoms with Gasteiger partial charge in [0.2, 0.25) is 5.91 Å². The van der Waals surface area contributed by atoms with E-state index in [9.17, 15) is 4.79 Å². The highest BCUT2D eigenvalue weighted by Crippen LogP contribution is 2.33. The first-order valence-corrected chi connectivity index (χ1v) is 6.93. The first kappa shape index (κ1) is 14.0. The molecule has 1 heterocycles. The average molecular weight is 283 g/mol. The van der Waals surface area contributed by atoms with Gasteiger partial charge in [0.25, 0.3) is 0 Å². The molecule has 1 saturated heterocycles. The van der Waals surface area contributed by atoms with E-state index in [-0.39, 0.29) is 5.91 Å². The van der Waals surface area contributed by atoms with Gasteiger partial charge in [0.05, 0.1) is 12.8 Å². The summed E-state index contributed by atoms with van der Waals surface area (Å²) in [4.78, 5) is 13.9. The number of nitrogens with zero attached hydrogens (tertiary/aromatic N) is 1. The van der Waals surface area contributed by atoms with Crippen molar-refractivity contribution in [3.8, 4) is 5.75 Å². The lowest BCUT2D eigenvalue weighted by atomic mass is 10.2. The maximum atomic E-state index is 11.6. The Morgan fingerprint density at radius 2 is 2.11 bits per heavy atom. The van der Waals surface area contributed by atoms with Crippen LogP contribution in [-0.2, 0) is 4.79 Å². The monoisotopic (exact) mass is 282 g/mol. The second-order valence-corrected chi connectivity index (χ2v) is 5.34. The number of benzene rings is 1. The van der Waals surface area contributed by atoms with E-state index in [2.05, 4.69) is 10.2 Å². The molecular formula is C14H19ClN2O2. The first-order chi connectivity index (χ1) is 9.11. The normalized spacial score (nSPS) is 16.3. The summed E-state index contributed by atoms with van der Waals surface area (Å²) in [7, 11) is 1.64. The van der Waals surface area contributed by atoms with Gasteiger partial charge in [0.1, 0.15) is 11.1 Å². The number of ether oxygens (including phenoxy) is 1. The molecule has 1 aliphatic rings. The number of hydrogen-bond donors (Lipinski definition) is 1. The molecule has 0 aromatic heterocycles. The number of rotatable bonds is 4. The van der Waals surface area contributed by atoms with Crippen LogP contribution in [0.4, 0.5) is 11.4 Å². The lowest BCUT2D eigenvalue weighted by molar-refractivity contribution is -0.115. The van der Waals surface area contributed by atoms with Gasteiger partial charge >= 0.3 is 0 Å². The molecule has 19 heavy (non-hydrogen) atoms. The van der Waals surface area contributed by atoms with Crippen molar-refractivity contribution >= 4 is 28.9 Å². The number of halogens is 1. The van der Waals surface area contributed by atoms with Crippen LogP contribution in [-0.4, -0.2) is 31.5 Å². The number of anilines is 2. The molecule has 4 nitrogen and oxygen atoms in total. The third-order valence-electron chi connectivity index (χ3n) is 3.26. The molecule has 0 spiro atoms. The lowest BCUT2D eigenvalue weighted by Crippen LogP contribution is -2.21. The van der Waals surface area contributed by atoms with Crippen LogP contribution in [0, 0.1) is 0 Å². The molecule has 0 bridgehead atoms. The summed E-state index contributed by atoms with van der Waals surface area (Å²) in [5, 5.41) is 2.21. The van der Waals surface area contributed by atoms with E-state index in [4.69, 9.17) is 16.3 Å². The Bertz CT molecular complexity index is 457. The molecule has 0 saturated carbocycles. The predicted molar refractivity (Wildman–Crippen MR) is 78.4 cm³/mol. The maximum absolute atomic E-state index is 11.6. The summed E-state index contributed by atoms with van der Waals surface area (Å²) in [6, 6.07) is 5.71. The number of carbonyl (C=O) groups excluding carboxylic acids is 1. The second-order valence-electron chi connectivity index (χ2n) is 4.69. The van der Waals surface area contributed by atoms with Gasteiger partial charge in [0.15, 0.2) is 0 Å². The molecule has 1 amide bonds. The van der Waals surface area contributed by atoms with E-state index >= 15 is 0 Å². The van der Waals surface area contributed by atoms with Crippen LogP contribution in [0.15, 0.2) is 18.2 Å². The van der Waals surface area contributed by atoms with Crippen LogP contribution >= 0.6 is 11.6 Å². The topological polar surface area (TPSA) is 41.6 Å². The Hall–Kier alpha value is -1.42. The molecule has 2 rings (SSSR count). The number of carbonyl (C=O) groups is 1. The smallest absolute Gasteiger partial charge is 0.242 e. The Labute approximate surface area is 118 Å². The maximum Gasteiger partial charge on any atom is 0.242 e. The minimum absolute atomic E-state index is 0.211. The Morgan fingerprint density at radius 1 is 1.42 bits per heavy atom. The molecule has 1 aliphatic heterocycles. The first-order valence-electron chi connectivity index (χ1n) is 6.49. The summed E-state index contributed by atoms with van der Waals surface area (Å²) in [6.07, 6.45) is 2.43. The summed E-state index contributed by atoms with van der Waals surface area (Å²) in [6.45, 7) is 3.76. The summed E-state index contributed by atoms with van der Waals surface area (Å²) < 4.78 is 5.41. The molecule has 5 heteroatoms. The van der Waals surface area contributed by atoms with Gasteiger partial charge in [0, 0.05) is 24.8 Å². The van der Waals surface area contributed by atoms with Gasteiger partial charge in [-0.25, -0.2) is 0 Å². The SMILES string of the molecule is COc1cc(NC(=O)[C@@H](C)Cl)ccc1N1CCCC1. The highest BCUT2D eigenvalue weighted by atomic mass is 35.5. The van der Waals surface area contributed by atoms with Crippen LogP contribution < -0.4 is 15.0 Å². The van der Waals surface area contributed by atoms with Crippen molar-refractivity contribution in [1.29, 1.82) is 0 Å². The van der Waals surface area contributed by atoms with Crippen molar-refractivity contribution in [2.45, 2.75) is 25.1 Å². The van der Waals surface area contributed by atoms with E-state index in [0.717, 1.165) is 24.5 Å². The molecule has 1 aromatic carbocycles. The zero-order chi connectivity index (χ0) is 13.8. The zero-order valence-corrected chi connectivity index (χ0v) is 12.0. The van der Waals surface area contributed by atoms with Gasteiger partial charge in [-0.05, 0) is 31.9 Å². The fourth-order valence-electron chi connectivity index (χ4n) is 2.22. The molecule has 1 aromatic rings. The molecule has 1 atom stereocenters. The number of amides is 1. The second kappa shape index (κ2) is 6.15. The summed E-state index contributed by atoms with van der Waals surface area (Å²) in [5.41, 5.74) is 1.79. The lowest BCUT2D eigenvalue weighted by Gasteiger charge is -2.21. The molecular weight excluding hydrogens is 264 g/mol. The highest BCUT2D eigenvalue weighted by Gasteiger charge is 2.17. The van der Waals surface area contributed by atoms with Crippen LogP contribution in [0.1, 0.15) is 19.8 Å². The fraction of sp³-hybridized carbons (Fsp3) is 0.500. The van der Waals surface area contributed by atoms with Gasteiger partial charge in [-0.2, -0.15) is 0 Å². The minimum Gasteiger partial charge on any atom is -0.495 e. The van der Waals surface area contributed by atoms with Gasteiger partial charge in [-0.1, -0.05) is 0 Å². The van der Waals surface area contributed by atoms with Crippen molar-refractivity contribution < 1.29 is 9.53 Å². The fourth-order valence-corrected chi connectivity index (χ4v) is 2.27. The number of nitrogens with one attached hydrogen (secondary N) is 1. The molecule has 0 unspecified atom stereocenters. The van der Waals surface area contributed by atoms with Gasteiger partial charge < -0.3 is 15.0 Å². The van der Waals surface area contributed by atoms with E-state index in [1.54, 1.807) is 14.0 Å². The number of methoxy groups -OCH3 is 1. The largest absolute Gasteiger partial charge is 0.495 e. The van der Waals surface area contributed by atoms with Crippen molar-refractivity contribution in [2.24, 2.45) is 0 Å². The minimum atomic E-state index is -0.552. The molecule has 1 N–H and O–H groups in total. The number of alkyl halides is 1. The molecule has 0 radical (unpaired) electrons. The van der Waals surface area contributed by atoms with Crippen LogP contribution in [0.3, 0.4) is 0 Å². The predicted octanol–water partition coefficient (Wildman–Crippen LogP) is 2.86. The highest BCUT2D eigenvalue weighted by molar-refractivity contribution is 6.32. The van der Waals surface area contributed by atoms with E-state index in [1.165, 1.54) is 12.8 Å². The summed E-state index contributed by atoms with van der Waals surface area (Å²) in [5.74, 6) is 0.569. The van der Waals surface area contributed by atoms with Crippen LogP contribution in [0.2, 0.25) is 0 Å². The Morgan fingerprint density at radius 3 is 2.68 bits per heavy atom. The zero-order valence-electron chi connectivity index (χ0n) is 11.3. The molecule has 1 fully saturated rings. The average Bonchev–Trinajstić information content (AvgIpc) is 2.92. The van der Waals surface area contributed by atoms with Crippen molar-refractivity contribution in [2.75, 3.05) is 30.4 Å². The third-order valence-corrected chi connectivity index (χ3v) is 3.45. The third kappa shape index (κ3) is 3.32. The quantitative estimate of drug-likeness (QED) is 0.864. The number of hydrogen-bond acceptors (Lipinski definition) is 3. The van der Waals surface area contributed by atoms with E-state index < -0.39 is 5.38 Å². The van der Waals surface area contributed by atoms with Crippen LogP contribution in [0.5, 0.6) is 5.75 Å². The molecule has 0 aliphatic carbocycles.